The first kappa shape index (κ1) is 45.9. The number of alkyl halides is 4. The fourth-order valence-electron chi connectivity index (χ4n) is 3.34. The number of hydrogen-bond acceptors (Lipinski definition) is 14. The normalized spacial score (nSPS) is 32.2. The molecule has 2 aliphatic rings. The van der Waals surface area contributed by atoms with E-state index < -0.39 is 90.0 Å². The molecule has 25 heteroatoms. The van der Waals surface area contributed by atoms with E-state index in [1.807, 2.05) is 0 Å². The van der Waals surface area contributed by atoms with E-state index in [0.29, 0.717) is 24.8 Å². The molecule has 2 rings (SSSR count). The predicted octanol–water partition coefficient (Wildman–Crippen LogP) is -3.91. The van der Waals surface area contributed by atoms with Gasteiger partial charge in [-0.2, -0.15) is 0 Å². The lowest BCUT2D eigenvalue weighted by Gasteiger charge is -2.40. The number of nitrogens with one attached hydrogen (secondary N) is 4. The largest absolute Gasteiger partial charge is 0.394 e. The molecule has 0 amide bonds. The zero-order chi connectivity index (χ0) is 34.8. The first-order valence-electron chi connectivity index (χ1n) is 13.2. The van der Waals surface area contributed by atoms with Crippen LogP contribution in [-0.2, 0) is 23.1 Å². The van der Waals surface area contributed by atoms with Crippen LogP contribution in [0.1, 0.15) is 0 Å². The quantitative estimate of drug-likeness (QED) is 0.0525. The Kier molecular flexibility index (Phi) is 24.7. The van der Waals surface area contributed by atoms with Gasteiger partial charge in [-0.25, -0.2) is 20.3 Å². The topological polar surface area (TPSA) is 312 Å². The van der Waals surface area contributed by atoms with Crippen molar-refractivity contribution in [3.05, 3.63) is 0 Å². The Morgan fingerprint density at radius 1 is 0.578 bits per heavy atom. The summed E-state index contributed by atoms with van der Waals surface area (Å²) in [6, 6.07) is 0. The van der Waals surface area contributed by atoms with E-state index in [9.17, 15) is 24.4 Å². The van der Waals surface area contributed by atoms with Crippen LogP contribution in [0.25, 0.3) is 0 Å². The van der Waals surface area contributed by atoms with Crippen molar-refractivity contribution in [3.63, 3.8) is 0 Å². The van der Waals surface area contributed by atoms with Crippen molar-refractivity contribution < 1.29 is 74.0 Å². The van der Waals surface area contributed by atoms with Gasteiger partial charge in [-0.15, -0.1) is 46.4 Å². The number of aliphatic hydroxyl groups excluding tert-OH is 9. The lowest BCUT2D eigenvalue weighted by Crippen LogP contribution is -2.59. The van der Waals surface area contributed by atoms with Crippen molar-refractivity contribution in [2.75, 3.05) is 62.9 Å². The summed E-state index contributed by atoms with van der Waals surface area (Å²) in [6.45, 7) is -0.256. The maximum absolute atomic E-state index is 12.6. The molecule has 19 nitrogen and oxygen atoms in total. The highest BCUT2D eigenvalue weighted by molar-refractivity contribution is 7.54. The van der Waals surface area contributed by atoms with Crippen molar-refractivity contribution in [2.24, 2.45) is 0 Å². The maximum atomic E-state index is 12.6. The summed E-state index contributed by atoms with van der Waals surface area (Å²) >= 11 is 21.6. The van der Waals surface area contributed by atoms with E-state index in [1.165, 1.54) is 0 Å². The van der Waals surface area contributed by atoms with Gasteiger partial charge in [0.15, 0.2) is 12.6 Å². The molecule has 10 atom stereocenters. The SMILES string of the molecule is O=P(NCCCl)(NCCCl)OC1OC(CO)C(O)C(O)C1O.O=P(O)(NCCCl)NCCCl.OCC1OC(O)C(O)C(O)C1O. The highest BCUT2D eigenvalue weighted by atomic mass is 35.5. The molecular weight excluding hydrogens is 740 g/mol. The van der Waals surface area contributed by atoms with Crippen LogP contribution in [0.15, 0.2) is 0 Å². The smallest absolute Gasteiger partial charge is 0.343 e. The minimum absolute atomic E-state index is 0.144. The summed E-state index contributed by atoms with van der Waals surface area (Å²) in [7, 11) is -7.06. The van der Waals surface area contributed by atoms with Gasteiger partial charge in [0.1, 0.15) is 48.8 Å². The number of aliphatic hydroxyl groups is 9. The first-order valence-corrected chi connectivity index (χ1v) is 18.6. The fourth-order valence-corrected chi connectivity index (χ4v) is 6.72. The minimum atomic E-state index is -3.67. The van der Waals surface area contributed by atoms with E-state index in [1.54, 1.807) is 0 Å². The average Bonchev–Trinajstić information content (AvgIpc) is 3.02. The molecule has 2 saturated heterocycles. The summed E-state index contributed by atoms with van der Waals surface area (Å²) in [4.78, 5) is 8.99. The van der Waals surface area contributed by atoms with Gasteiger partial charge in [-0.05, 0) is 0 Å². The highest BCUT2D eigenvalue weighted by Crippen LogP contribution is 2.41. The zero-order valence-electron chi connectivity index (χ0n) is 23.8. The second kappa shape index (κ2) is 24.2. The Bertz CT molecular complexity index is 854. The Morgan fingerprint density at radius 3 is 1.36 bits per heavy atom. The molecule has 0 saturated carbocycles. The van der Waals surface area contributed by atoms with Crippen molar-refractivity contribution in [3.8, 4) is 0 Å². The molecule has 272 valence electrons. The van der Waals surface area contributed by atoms with Crippen LogP contribution < -0.4 is 20.3 Å². The van der Waals surface area contributed by atoms with Gasteiger partial charge in [0, 0.05) is 49.7 Å². The van der Waals surface area contributed by atoms with Crippen molar-refractivity contribution >= 4 is 61.7 Å². The van der Waals surface area contributed by atoms with Gasteiger partial charge in [0.05, 0.1) is 13.2 Å². The van der Waals surface area contributed by atoms with Crippen LogP contribution in [-0.4, -0.2) is 175 Å². The Balaban J connectivity index is 0.000000710. The van der Waals surface area contributed by atoms with Gasteiger partial charge in [0.2, 0.25) is 0 Å². The summed E-state index contributed by atoms with van der Waals surface area (Å²) in [5.74, 6) is 0.912. The van der Waals surface area contributed by atoms with Gasteiger partial charge in [0.25, 0.3) is 0 Å². The molecule has 10 unspecified atom stereocenters. The monoisotopic (exact) mass is 782 g/mol. The van der Waals surface area contributed by atoms with Crippen molar-refractivity contribution in [1.82, 2.24) is 20.3 Å². The molecule has 2 fully saturated rings. The van der Waals surface area contributed by atoms with Gasteiger partial charge in [-0.3, -0.25) is 13.7 Å². The summed E-state index contributed by atoms with van der Waals surface area (Å²) in [5, 5.41) is 92.8. The van der Waals surface area contributed by atoms with Gasteiger partial charge >= 0.3 is 15.3 Å². The molecule has 45 heavy (non-hydrogen) atoms. The third-order valence-electron chi connectivity index (χ3n) is 5.64. The molecule has 0 aliphatic carbocycles. The fraction of sp³-hybridized carbons (Fsp3) is 1.00. The zero-order valence-corrected chi connectivity index (χ0v) is 28.6. The van der Waals surface area contributed by atoms with E-state index in [2.05, 4.69) is 25.1 Å². The molecule has 0 aromatic carbocycles. The van der Waals surface area contributed by atoms with E-state index >= 15 is 0 Å². The van der Waals surface area contributed by atoms with E-state index in [4.69, 9.17) is 91.2 Å². The van der Waals surface area contributed by atoms with Crippen molar-refractivity contribution in [2.45, 2.75) is 61.4 Å². The molecule has 14 N–H and O–H groups in total. The molecule has 2 heterocycles. The number of halogens is 4. The van der Waals surface area contributed by atoms with Gasteiger partial charge in [-0.1, -0.05) is 0 Å². The molecular formula is C20H44Cl4N4O15P2. The lowest BCUT2D eigenvalue weighted by atomic mass is 10.00. The van der Waals surface area contributed by atoms with E-state index in [-0.39, 0.29) is 24.8 Å². The number of ether oxygens (including phenoxy) is 2. The second-order valence-corrected chi connectivity index (χ2v) is 14.3. The summed E-state index contributed by atoms with van der Waals surface area (Å²) < 4.78 is 38.4. The van der Waals surface area contributed by atoms with Crippen LogP contribution in [0.2, 0.25) is 0 Å². The predicted molar refractivity (Wildman–Crippen MR) is 163 cm³/mol. The van der Waals surface area contributed by atoms with Crippen molar-refractivity contribution in [1.29, 1.82) is 0 Å². The summed E-state index contributed by atoms with van der Waals surface area (Å²) in [5.41, 5.74) is 0. The molecule has 0 bridgehead atoms. The Morgan fingerprint density at radius 2 is 0.956 bits per heavy atom. The standard InChI is InChI=1S/C10H21Cl2N2O7P.C6H12O6.C4H11Cl2N2O2P/c11-1-3-13-22(19,14-4-2-12)21-10-9(18)8(17)7(16)6(5-15)20-10;7-1-2-3(8)4(9)5(10)6(11)12-2;5-1-3-7-11(9,10)8-4-2-6/h6-10,15-18H,1-5H2,(H2,13,14,19);2-11H,1H2;1-4H2,(H3,7,8,9,10). The van der Waals surface area contributed by atoms with Crippen LogP contribution >= 0.6 is 61.7 Å². The first-order chi connectivity index (χ1) is 21.1. The number of hydrogen-bond donors (Lipinski definition) is 14. The van der Waals surface area contributed by atoms with Crippen LogP contribution in [0, 0.1) is 0 Å². The average molecular weight is 784 g/mol. The van der Waals surface area contributed by atoms with Crippen LogP contribution in [0.5, 0.6) is 0 Å². The van der Waals surface area contributed by atoms with Gasteiger partial charge < -0.3 is 60.3 Å². The third-order valence-corrected chi connectivity index (χ3v) is 9.48. The Hall–Kier alpha value is 0.940. The number of rotatable bonds is 16. The van der Waals surface area contributed by atoms with Crippen LogP contribution in [0.4, 0.5) is 0 Å². The van der Waals surface area contributed by atoms with E-state index in [0.717, 1.165) is 0 Å². The minimum Gasteiger partial charge on any atom is -0.394 e. The molecule has 0 aromatic rings. The molecule has 0 radical (unpaired) electrons. The molecule has 2 aliphatic heterocycles. The second-order valence-electron chi connectivity index (χ2n) is 9.04. The molecule has 0 spiro atoms. The lowest BCUT2D eigenvalue weighted by molar-refractivity contribution is -0.286. The molecule has 0 aromatic heterocycles. The van der Waals surface area contributed by atoms with Crippen LogP contribution in [0.3, 0.4) is 0 Å². The highest BCUT2D eigenvalue weighted by Gasteiger charge is 2.46. The Labute approximate surface area is 279 Å². The maximum Gasteiger partial charge on any atom is 0.343 e. The third kappa shape index (κ3) is 16.9. The summed E-state index contributed by atoms with van der Waals surface area (Å²) in [6.07, 6.45) is -14.5.